The number of nitrogens with zero attached hydrogens (tertiary/aromatic N) is 2. The maximum Gasteiger partial charge on any atom is 0.167 e. The summed E-state index contributed by atoms with van der Waals surface area (Å²) in [5.41, 5.74) is 2.36. The summed E-state index contributed by atoms with van der Waals surface area (Å²) in [6.45, 7) is 3.73. The molecule has 0 amide bonds. The number of carbonyl (C=O) groups excluding carboxylic acids is 1. The van der Waals surface area contributed by atoms with Crippen molar-refractivity contribution < 1.29 is 4.79 Å². The van der Waals surface area contributed by atoms with E-state index in [1.807, 2.05) is 19.9 Å². The number of hydrogen-bond donors (Lipinski definition) is 0. The van der Waals surface area contributed by atoms with Crippen LogP contribution in [0.25, 0.3) is 0 Å². The van der Waals surface area contributed by atoms with E-state index in [1.165, 1.54) is 12.8 Å². The third kappa shape index (κ3) is 2.06. The maximum absolute atomic E-state index is 12.2. The Morgan fingerprint density at radius 3 is 2.60 bits per heavy atom. The van der Waals surface area contributed by atoms with Gasteiger partial charge in [-0.05, 0) is 32.8 Å². The van der Waals surface area contributed by atoms with E-state index in [0.29, 0.717) is 0 Å². The molecule has 3 heteroatoms. The van der Waals surface area contributed by atoms with Crippen molar-refractivity contribution in [1.29, 1.82) is 0 Å². The fourth-order valence-electron chi connectivity index (χ4n) is 2.21. The Kier molecular flexibility index (Phi) is 2.80. The molecule has 0 unspecified atom stereocenters. The average molecular weight is 204 g/mol. The fraction of sp³-hybridized carbons (Fsp3) is 0.583. The largest absolute Gasteiger partial charge is 0.294 e. The predicted molar refractivity (Wildman–Crippen MR) is 57.8 cm³/mol. The summed E-state index contributed by atoms with van der Waals surface area (Å²) in [6, 6.07) is 1.86. The lowest BCUT2D eigenvalue weighted by molar-refractivity contribution is 0.0921. The lowest BCUT2D eigenvalue weighted by atomic mass is 9.95. The van der Waals surface area contributed by atoms with Gasteiger partial charge in [-0.2, -0.15) is 10.2 Å². The molecule has 1 aromatic rings. The lowest BCUT2D eigenvalue weighted by Gasteiger charge is -2.09. The van der Waals surface area contributed by atoms with E-state index in [-0.39, 0.29) is 11.7 Å². The Balaban J connectivity index is 2.27. The molecular weight excluding hydrogens is 188 g/mol. The van der Waals surface area contributed by atoms with Crippen LogP contribution >= 0.6 is 0 Å². The second kappa shape index (κ2) is 4.09. The van der Waals surface area contributed by atoms with Crippen LogP contribution in [0.5, 0.6) is 0 Å². The SMILES string of the molecule is Cc1cc(C(=O)C2CCCC2)c(C)nn1. The first kappa shape index (κ1) is 10.3. The molecule has 0 radical (unpaired) electrons. The molecule has 3 nitrogen and oxygen atoms in total. The lowest BCUT2D eigenvalue weighted by Crippen LogP contribution is -2.14. The average Bonchev–Trinajstić information content (AvgIpc) is 2.74. The summed E-state index contributed by atoms with van der Waals surface area (Å²) in [5.74, 6) is 0.496. The van der Waals surface area contributed by atoms with E-state index >= 15 is 0 Å². The van der Waals surface area contributed by atoms with Crippen LogP contribution in [-0.2, 0) is 0 Å². The molecule has 0 saturated heterocycles. The number of hydrogen-bond acceptors (Lipinski definition) is 3. The number of rotatable bonds is 2. The van der Waals surface area contributed by atoms with Crippen molar-refractivity contribution in [3.63, 3.8) is 0 Å². The highest BCUT2D eigenvalue weighted by molar-refractivity contribution is 5.98. The summed E-state index contributed by atoms with van der Waals surface area (Å²) < 4.78 is 0. The van der Waals surface area contributed by atoms with E-state index in [4.69, 9.17) is 0 Å². The van der Waals surface area contributed by atoms with Gasteiger partial charge in [-0.1, -0.05) is 12.8 Å². The molecule has 1 saturated carbocycles. The molecule has 1 fully saturated rings. The Morgan fingerprint density at radius 1 is 1.27 bits per heavy atom. The molecule has 0 N–H and O–H groups in total. The van der Waals surface area contributed by atoms with Gasteiger partial charge in [-0.3, -0.25) is 4.79 Å². The number of aromatic nitrogens is 2. The minimum Gasteiger partial charge on any atom is -0.294 e. The maximum atomic E-state index is 12.2. The molecule has 0 bridgehead atoms. The first-order chi connectivity index (χ1) is 7.18. The van der Waals surface area contributed by atoms with Crippen LogP contribution < -0.4 is 0 Å². The Hall–Kier alpha value is -1.25. The minimum absolute atomic E-state index is 0.229. The molecule has 1 heterocycles. The van der Waals surface area contributed by atoms with Crippen molar-refractivity contribution in [2.75, 3.05) is 0 Å². The van der Waals surface area contributed by atoms with E-state index in [0.717, 1.165) is 29.8 Å². The van der Waals surface area contributed by atoms with Crippen molar-refractivity contribution in [2.45, 2.75) is 39.5 Å². The molecule has 15 heavy (non-hydrogen) atoms. The van der Waals surface area contributed by atoms with E-state index in [9.17, 15) is 4.79 Å². The number of carbonyl (C=O) groups is 1. The third-order valence-electron chi connectivity index (χ3n) is 3.09. The summed E-state index contributed by atoms with van der Waals surface area (Å²) >= 11 is 0. The van der Waals surface area contributed by atoms with Crippen molar-refractivity contribution in [1.82, 2.24) is 10.2 Å². The highest BCUT2D eigenvalue weighted by atomic mass is 16.1. The molecule has 2 rings (SSSR count). The molecular formula is C12H16N2O. The highest BCUT2D eigenvalue weighted by Gasteiger charge is 2.25. The number of aryl methyl sites for hydroxylation is 2. The fourth-order valence-corrected chi connectivity index (χ4v) is 2.21. The van der Waals surface area contributed by atoms with Crippen LogP contribution in [-0.4, -0.2) is 16.0 Å². The van der Waals surface area contributed by atoms with Gasteiger partial charge in [0.15, 0.2) is 5.78 Å². The third-order valence-corrected chi connectivity index (χ3v) is 3.09. The number of ketones is 1. The van der Waals surface area contributed by atoms with Gasteiger partial charge >= 0.3 is 0 Å². The summed E-state index contributed by atoms with van der Waals surface area (Å²) in [4.78, 5) is 12.2. The summed E-state index contributed by atoms with van der Waals surface area (Å²) in [5, 5.41) is 7.95. The van der Waals surface area contributed by atoms with E-state index in [2.05, 4.69) is 10.2 Å². The van der Waals surface area contributed by atoms with E-state index in [1.54, 1.807) is 0 Å². The van der Waals surface area contributed by atoms with Gasteiger partial charge in [0, 0.05) is 11.5 Å². The van der Waals surface area contributed by atoms with Gasteiger partial charge < -0.3 is 0 Å². The molecule has 80 valence electrons. The predicted octanol–water partition coefficient (Wildman–Crippen LogP) is 2.47. The van der Waals surface area contributed by atoms with Crippen LogP contribution in [0.2, 0.25) is 0 Å². The molecule has 0 atom stereocenters. The second-order valence-corrected chi connectivity index (χ2v) is 4.33. The Morgan fingerprint density at radius 2 is 1.93 bits per heavy atom. The molecule has 0 aromatic carbocycles. The van der Waals surface area contributed by atoms with Gasteiger partial charge in [0.05, 0.1) is 11.4 Å². The monoisotopic (exact) mass is 204 g/mol. The zero-order valence-corrected chi connectivity index (χ0v) is 9.29. The van der Waals surface area contributed by atoms with Crippen LogP contribution in [0.1, 0.15) is 47.4 Å². The first-order valence-electron chi connectivity index (χ1n) is 5.53. The van der Waals surface area contributed by atoms with Crippen LogP contribution in [0.15, 0.2) is 6.07 Å². The van der Waals surface area contributed by atoms with Crippen molar-refractivity contribution in [2.24, 2.45) is 5.92 Å². The first-order valence-corrected chi connectivity index (χ1v) is 5.53. The standard InChI is InChI=1S/C12H16N2O/c1-8-7-11(9(2)14-13-8)12(15)10-5-3-4-6-10/h7,10H,3-6H2,1-2H3. The van der Waals surface area contributed by atoms with Gasteiger partial charge in [-0.15, -0.1) is 0 Å². The van der Waals surface area contributed by atoms with Gasteiger partial charge in [0.25, 0.3) is 0 Å². The number of Topliss-reactive ketones (excluding diaryl/α,β-unsaturated/α-hetero) is 1. The molecule has 1 aliphatic rings. The smallest absolute Gasteiger partial charge is 0.167 e. The Labute approximate surface area is 89.9 Å². The van der Waals surface area contributed by atoms with Gasteiger partial charge in [-0.25, -0.2) is 0 Å². The van der Waals surface area contributed by atoms with Crippen LogP contribution in [0.4, 0.5) is 0 Å². The quantitative estimate of drug-likeness (QED) is 0.695. The highest BCUT2D eigenvalue weighted by Crippen LogP contribution is 2.28. The van der Waals surface area contributed by atoms with Gasteiger partial charge in [0.2, 0.25) is 0 Å². The van der Waals surface area contributed by atoms with Gasteiger partial charge in [0.1, 0.15) is 0 Å². The van der Waals surface area contributed by atoms with Crippen LogP contribution in [0.3, 0.4) is 0 Å². The zero-order chi connectivity index (χ0) is 10.8. The normalized spacial score (nSPS) is 16.9. The van der Waals surface area contributed by atoms with Crippen molar-refractivity contribution in [3.8, 4) is 0 Å². The molecule has 0 spiro atoms. The Bertz CT molecular complexity index is 381. The zero-order valence-electron chi connectivity index (χ0n) is 9.29. The van der Waals surface area contributed by atoms with Crippen molar-refractivity contribution in [3.05, 3.63) is 23.0 Å². The molecule has 1 aromatic heterocycles. The topological polar surface area (TPSA) is 42.9 Å². The molecule has 1 aliphatic carbocycles. The summed E-state index contributed by atoms with van der Waals surface area (Å²) in [6.07, 6.45) is 4.46. The second-order valence-electron chi connectivity index (χ2n) is 4.33. The van der Waals surface area contributed by atoms with Crippen molar-refractivity contribution >= 4 is 5.78 Å². The summed E-state index contributed by atoms with van der Waals surface area (Å²) in [7, 11) is 0. The van der Waals surface area contributed by atoms with Crippen LogP contribution in [0, 0.1) is 19.8 Å². The van der Waals surface area contributed by atoms with E-state index < -0.39 is 0 Å². The molecule has 0 aliphatic heterocycles. The minimum atomic E-state index is 0.229.